The summed E-state index contributed by atoms with van der Waals surface area (Å²) in [6, 6.07) is 13.3. The van der Waals surface area contributed by atoms with Gasteiger partial charge in [-0.25, -0.2) is 0 Å². The lowest BCUT2D eigenvalue weighted by Gasteiger charge is -2.08. The van der Waals surface area contributed by atoms with Crippen molar-refractivity contribution in [1.82, 2.24) is 5.32 Å². The van der Waals surface area contributed by atoms with Crippen LogP contribution in [0.3, 0.4) is 0 Å². The first-order valence-electron chi connectivity index (χ1n) is 6.83. The van der Waals surface area contributed by atoms with E-state index in [1.165, 1.54) is 5.56 Å². The molecule has 2 aromatic rings. The van der Waals surface area contributed by atoms with Gasteiger partial charge in [-0.15, -0.1) is 0 Å². The summed E-state index contributed by atoms with van der Waals surface area (Å²) in [6.45, 7) is 2.99. The molecule has 0 unspecified atom stereocenters. The van der Waals surface area contributed by atoms with E-state index in [1.54, 1.807) is 25.3 Å². The molecule has 0 aliphatic carbocycles. The molecule has 0 atom stereocenters. The highest BCUT2D eigenvalue weighted by molar-refractivity contribution is 5.98. The molecule has 0 bridgehead atoms. The van der Waals surface area contributed by atoms with Crippen molar-refractivity contribution in [2.75, 3.05) is 19.4 Å². The van der Waals surface area contributed by atoms with Gasteiger partial charge in [0.1, 0.15) is 5.75 Å². The van der Waals surface area contributed by atoms with E-state index in [0.717, 1.165) is 5.56 Å². The molecular formula is C17H20N2O2. The second kappa shape index (κ2) is 6.90. The fourth-order valence-electron chi connectivity index (χ4n) is 2.04. The Balaban J connectivity index is 1.89. The highest BCUT2D eigenvalue weighted by Crippen LogP contribution is 2.21. The molecule has 0 saturated carbocycles. The number of rotatable bonds is 6. The Bertz CT molecular complexity index is 621. The number of carbonyl (C=O) groups is 1. The maximum atomic E-state index is 12.1. The smallest absolute Gasteiger partial charge is 0.176 e. The quantitative estimate of drug-likeness (QED) is 0.632. The molecule has 0 saturated heterocycles. The van der Waals surface area contributed by atoms with Crippen molar-refractivity contribution in [1.29, 1.82) is 0 Å². The number of ketones is 1. The van der Waals surface area contributed by atoms with Gasteiger partial charge in [-0.05, 0) is 30.7 Å². The Morgan fingerprint density at radius 1 is 1.19 bits per heavy atom. The number of aryl methyl sites for hydroxylation is 1. The molecule has 0 radical (unpaired) electrons. The summed E-state index contributed by atoms with van der Waals surface area (Å²) in [6.07, 6.45) is 0. The van der Waals surface area contributed by atoms with E-state index in [0.29, 0.717) is 23.5 Å². The maximum Gasteiger partial charge on any atom is 0.176 e. The van der Waals surface area contributed by atoms with Crippen molar-refractivity contribution in [3.63, 3.8) is 0 Å². The van der Waals surface area contributed by atoms with Crippen LogP contribution in [0.4, 0.5) is 5.69 Å². The van der Waals surface area contributed by atoms with Crippen LogP contribution in [0.1, 0.15) is 21.5 Å². The molecule has 4 heteroatoms. The van der Waals surface area contributed by atoms with Crippen LogP contribution in [0.2, 0.25) is 0 Å². The number of hydrogen-bond donors (Lipinski definition) is 2. The minimum Gasteiger partial charge on any atom is -0.495 e. The molecule has 4 nitrogen and oxygen atoms in total. The van der Waals surface area contributed by atoms with Gasteiger partial charge in [0.05, 0.1) is 19.3 Å². The third-order valence-electron chi connectivity index (χ3n) is 3.29. The minimum atomic E-state index is 0.0106. The molecule has 2 aromatic carbocycles. The van der Waals surface area contributed by atoms with Crippen molar-refractivity contribution in [3.8, 4) is 5.75 Å². The van der Waals surface area contributed by atoms with Crippen LogP contribution in [0, 0.1) is 6.92 Å². The van der Waals surface area contributed by atoms with Gasteiger partial charge in [-0.1, -0.05) is 29.8 Å². The highest BCUT2D eigenvalue weighted by atomic mass is 16.5. The number of methoxy groups -OCH3 is 1. The fraction of sp³-hybridized carbons (Fsp3) is 0.235. The normalized spacial score (nSPS) is 10.4. The molecule has 110 valence electrons. The Labute approximate surface area is 124 Å². The topological polar surface area (TPSA) is 64.3 Å². The molecule has 0 heterocycles. The van der Waals surface area contributed by atoms with E-state index in [2.05, 4.69) is 36.5 Å². The summed E-state index contributed by atoms with van der Waals surface area (Å²) in [5.74, 6) is 0.593. The number of benzene rings is 2. The van der Waals surface area contributed by atoms with Crippen molar-refractivity contribution in [2.45, 2.75) is 13.5 Å². The maximum absolute atomic E-state index is 12.1. The number of Topliss-reactive ketones (excluding diaryl/α,β-unsaturated/α-hetero) is 1. The first-order valence-corrected chi connectivity index (χ1v) is 6.83. The Hall–Kier alpha value is -2.33. The summed E-state index contributed by atoms with van der Waals surface area (Å²) in [5.41, 5.74) is 9.25. The molecule has 0 aliphatic rings. The van der Waals surface area contributed by atoms with Crippen molar-refractivity contribution in [3.05, 3.63) is 59.2 Å². The SMILES string of the molecule is COc1ccc(C(=O)CNCc2ccc(C)cc2)cc1N. The largest absolute Gasteiger partial charge is 0.495 e. The van der Waals surface area contributed by atoms with Crippen molar-refractivity contribution in [2.24, 2.45) is 0 Å². The summed E-state index contributed by atoms with van der Waals surface area (Å²) >= 11 is 0. The average molecular weight is 284 g/mol. The molecule has 0 amide bonds. The molecule has 0 aromatic heterocycles. The lowest BCUT2D eigenvalue weighted by atomic mass is 10.1. The Morgan fingerprint density at radius 2 is 1.90 bits per heavy atom. The minimum absolute atomic E-state index is 0.0106. The van der Waals surface area contributed by atoms with E-state index in [1.807, 2.05) is 0 Å². The molecular weight excluding hydrogens is 264 g/mol. The zero-order valence-corrected chi connectivity index (χ0v) is 12.3. The van der Waals surface area contributed by atoms with Crippen LogP contribution in [0.5, 0.6) is 5.75 Å². The van der Waals surface area contributed by atoms with Gasteiger partial charge in [0.15, 0.2) is 5.78 Å². The zero-order chi connectivity index (χ0) is 15.2. The number of nitrogens with two attached hydrogens (primary N) is 1. The lowest BCUT2D eigenvalue weighted by molar-refractivity contribution is 0.0991. The monoisotopic (exact) mass is 284 g/mol. The summed E-state index contributed by atoms with van der Waals surface area (Å²) in [5, 5.41) is 3.15. The van der Waals surface area contributed by atoms with Crippen LogP contribution in [0.25, 0.3) is 0 Å². The van der Waals surface area contributed by atoms with Gasteiger partial charge in [0.25, 0.3) is 0 Å². The van der Waals surface area contributed by atoms with Gasteiger partial charge < -0.3 is 15.8 Å². The Morgan fingerprint density at radius 3 is 2.52 bits per heavy atom. The standard InChI is InChI=1S/C17H20N2O2/c1-12-3-5-13(6-4-12)10-19-11-16(20)14-7-8-17(21-2)15(18)9-14/h3-9,19H,10-11,18H2,1-2H3. The summed E-state index contributed by atoms with van der Waals surface area (Å²) in [4.78, 5) is 12.1. The predicted molar refractivity (Wildman–Crippen MR) is 84.6 cm³/mol. The second-order valence-electron chi connectivity index (χ2n) is 4.97. The first-order chi connectivity index (χ1) is 10.1. The van der Waals surface area contributed by atoms with Crippen molar-refractivity contribution < 1.29 is 9.53 Å². The molecule has 2 rings (SSSR count). The van der Waals surface area contributed by atoms with E-state index < -0.39 is 0 Å². The molecule has 21 heavy (non-hydrogen) atoms. The number of ether oxygens (including phenoxy) is 1. The van der Waals surface area contributed by atoms with E-state index in [4.69, 9.17) is 10.5 Å². The molecule has 0 spiro atoms. The van der Waals surface area contributed by atoms with Crippen LogP contribution in [-0.2, 0) is 6.54 Å². The van der Waals surface area contributed by atoms with Crippen LogP contribution in [0.15, 0.2) is 42.5 Å². The van der Waals surface area contributed by atoms with E-state index in [9.17, 15) is 4.79 Å². The fourth-order valence-corrected chi connectivity index (χ4v) is 2.04. The Kier molecular flexibility index (Phi) is 4.95. The van der Waals surface area contributed by atoms with Crippen LogP contribution < -0.4 is 15.8 Å². The van der Waals surface area contributed by atoms with Crippen LogP contribution >= 0.6 is 0 Å². The van der Waals surface area contributed by atoms with Crippen molar-refractivity contribution >= 4 is 11.5 Å². The molecule has 3 N–H and O–H groups in total. The van der Waals surface area contributed by atoms with Crippen LogP contribution in [-0.4, -0.2) is 19.4 Å². The highest BCUT2D eigenvalue weighted by Gasteiger charge is 2.08. The second-order valence-corrected chi connectivity index (χ2v) is 4.97. The van der Waals surface area contributed by atoms with E-state index in [-0.39, 0.29) is 12.3 Å². The number of anilines is 1. The summed E-state index contributed by atoms with van der Waals surface area (Å²) in [7, 11) is 1.55. The first kappa shape index (κ1) is 15.1. The number of nitrogens with one attached hydrogen (secondary N) is 1. The number of carbonyl (C=O) groups excluding carboxylic acids is 1. The average Bonchev–Trinajstić information content (AvgIpc) is 2.49. The third kappa shape index (κ3) is 4.07. The number of nitrogen functional groups attached to an aromatic ring is 1. The third-order valence-corrected chi connectivity index (χ3v) is 3.29. The van der Waals surface area contributed by atoms with E-state index >= 15 is 0 Å². The van der Waals surface area contributed by atoms with Gasteiger partial charge in [0.2, 0.25) is 0 Å². The molecule has 0 fully saturated rings. The number of hydrogen-bond acceptors (Lipinski definition) is 4. The predicted octanol–water partition coefficient (Wildman–Crippen LogP) is 2.56. The van der Waals surface area contributed by atoms with Gasteiger partial charge in [-0.3, -0.25) is 4.79 Å². The summed E-state index contributed by atoms with van der Waals surface area (Å²) < 4.78 is 5.08. The lowest BCUT2D eigenvalue weighted by Crippen LogP contribution is -2.22. The molecule has 0 aliphatic heterocycles. The zero-order valence-electron chi connectivity index (χ0n) is 12.3. The van der Waals surface area contributed by atoms with Gasteiger partial charge in [0, 0.05) is 12.1 Å². The van der Waals surface area contributed by atoms with Gasteiger partial charge >= 0.3 is 0 Å². The van der Waals surface area contributed by atoms with Gasteiger partial charge in [-0.2, -0.15) is 0 Å².